The predicted molar refractivity (Wildman–Crippen MR) is 268 cm³/mol. The van der Waals surface area contributed by atoms with E-state index in [1.165, 1.54) is 0 Å². The molecular weight excluding hydrogens is 940 g/mol. The number of aromatic nitrogens is 2. The summed E-state index contributed by atoms with van der Waals surface area (Å²) in [6.07, 6.45) is 6.98. The molecule has 0 amide bonds. The molecule has 18 heteroatoms. The molecule has 0 bridgehead atoms. The first kappa shape index (κ1) is 52.5. The topological polar surface area (TPSA) is 227 Å². The molecule has 0 saturated heterocycles. The van der Waals surface area contributed by atoms with Crippen LogP contribution in [0.25, 0.3) is 11.1 Å². The molecule has 0 aliphatic heterocycles. The molecule has 2 atom stereocenters. The van der Waals surface area contributed by atoms with Crippen LogP contribution in [0.2, 0.25) is 10.0 Å². The van der Waals surface area contributed by atoms with Gasteiger partial charge < -0.3 is 50.0 Å². The Morgan fingerprint density at radius 2 is 0.986 bits per heavy atom. The van der Waals surface area contributed by atoms with E-state index in [4.69, 9.17) is 52.4 Å². The van der Waals surface area contributed by atoms with Gasteiger partial charge in [0.05, 0.1) is 10.0 Å². The Hall–Kier alpha value is -6.92. The molecule has 16 nitrogen and oxygen atoms in total. The maximum absolute atomic E-state index is 11.2. The Balaban J connectivity index is 1.19. The van der Waals surface area contributed by atoms with E-state index in [-0.39, 0.29) is 52.6 Å². The number of aliphatic imine (C=N–C) groups is 2. The molecule has 6 aromatic rings. The third-order valence-electron chi connectivity index (χ3n) is 11.0. The van der Waals surface area contributed by atoms with Gasteiger partial charge in [0, 0.05) is 123 Å². The fraction of sp³-hybridized carbons (Fsp3) is 0.269. The third-order valence-corrected chi connectivity index (χ3v) is 11.6. The summed E-state index contributed by atoms with van der Waals surface area (Å²) in [6, 6.07) is 22.6. The van der Waals surface area contributed by atoms with E-state index in [0.717, 1.165) is 55.6 Å². The maximum Gasteiger partial charge on any atom is 0.333 e. The van der Waals surface area contributed by atoms with Crippen LogP contribution in [0.3, 0.4) is 0 Å². The van der Waals surface area contributed by atoms with Crippen LogP contribution >= 0.6 is 23.2 Å². The number of carbonyl (C=O) groups is 2. The summed E-state index contributed by atoms with van der Waals surface area (Å²) in [6.45, 7) is 4.67. The molecule has 2 heterocycles. The largest absolute Gasteiger partial charge is 0.488 e. The molecule has 4 aromatic carbocycles. The highest BCUT2D eigenvalue weighted by atomic mass is 35.5. The van der Waals surface area contributed by atoms with E-state index >= 15 is 0 Å². The lowest BCUT2D eigenvalue weighted by atomic mass is 9.92. The third kappa shape index (κ3) is 14.6. The molecule has 0 radical (unpaired) electrons. The van der Waals surface area contributed by atoms with Gasteiger partial charge in [0.25, 0.3) is 0 Å². The summed E-state index contributed by atoms with van der Waals surface area (Å²) in [5.41, 5.74) is 10.3. The lowest BCUT2D eigenvalue weighted by Gasteiger charge is -2.19. The second-order valence-electron chi connectivity index (χ2n) is 16.1. The van der Waals surface area contributed by atoms with Crippen LogP contribution in [0.1, 0.15) is 55.6 Å². The number of carboxylic acids is 2. The van der Waals surface area contributed by atoms with Crippen molar-refractivity contribution >= 4 is 47.6 Å². The van der Waals surface area contributed by atoms with Crippen molar-refractivity contribution in [1.82, 2.24) is 20.6 Å². The fourth-order valence-corrected chi connectivity index (χ4v) is 7.77. The number of aliphatic hydroxyl groups excluding tert-OH is 2. The van der Waals surface area contributed by atoms with Crippen molar-refractivity contribution in [2.24, 2.45) is 9.98 Å². The summed E-state index contributed by atoms with van der Waals surface area (Å²) >= 11 is 13.6. The Bertz CT molecular complexity index is 2650. The van der Waals surface area contributed by atoms with E-state index in [9.17, 15) is 19.8 Å². The predicted octanol–water partition coefficient (Wildman–Crippen LogP) is 7.55. The summed E-state index contributed by atoms with van der Waals surface area (Å²) in [4.78, 5) is 39.1. The number of aliphatic carboxylic acids is 2. The summed E-state index contributed by atoms with van der Waals surface area (Å²) < 4.78 is 25.3. The normalized spacial score (nSPS) is 12.3. The molecule has 2 aromatic heterocycles. The van der Waals surface area contributed by atoms with Gasteiger partial charge >= 0.3 is 11.9 Å². The molecule has 0 spiro atoms. The van der Waals surface area contributed by atoms with Crippen molar-refractivity contribution in [2.45, 2.75) is 65.6 Å². The minimum absolute atomic E-state index is 0.158. The first-order valence-corrected chi connectivity index (χ1v) is 22.8. The molecule has 6 rings (SSSR count). The van der Waals surface area contributed by atoms with Gasteiger partial charge in [-0.2, -0.15) is 0 Å². The summed E-state index contributed by atoms with van der Waals surface area (Å²) in [5, 5.41) is 44.4. The van der Waals surface area contributed by atoms with Crippen LogP contribution in [0.15, 0.2) is 108 Å². The zero-order valence-electron chi connectivity index (χ0n) is 39.0. The molecular formula is C52H54Cl2N6O10. The van der Waals surface area contributed by atoms with E-state index < -0.39 is 24.1 Å². The SMILES string of the molecule is C/N=C/c1cncc(COc2cc(OCc3cccc(-c4cccc(COc5cc(OCc6cncc(/C=N/C)c6)c(CNC[C@H](O)C(=O)O)cc5Cl)c4C)c3C)c(Cl)cc2CNC[C@H](O)C(=O)O)c1. The summed E-state index contributed by atoms with van der Waals surface area (Å²) in [5.74, 6) is -1.04. The zero-order valence-corrected chi connectivity index (χ0v) is 40.5. The van der Waals surface area contributed by atoms with E-state index in [0.29, 0.717) is 44.2 Å². The number of benzene rings is 4. The van der Waals surface area contributed by atoms with Gasteiger partial charge in [-0.1, -0.05) is 59.6 Å². The van der Waals surface area contributed by atoms with Gasteiger partial charge in [0.15, 0.2) is 12.2 Å². The molecule has 70 heavy (non-hydrogen) atoms. The van der Waals surface area contributed by atoms with Crippen LogP contribution in [0.5, 0.6) is 23.0 Å². The minimum atomic E-state index is -1.58. The smallest absolute Gasteiger partial charge is 0.333 e. The number of carboxylic acid groups (broad SMARTS) is 2. The Kier molecular flexibility index (Phi) is 19.2. The van der Waals surface area contributed by atoms with E-state index in [1.807, 2.05) is 62.4 Å². The van der Waals surface area contributed by atoms with Gasteiger partial charge in [0.1, 0.15) is 49.4 Å². The number of nitrogens with zero attached hydrogens (tertiary/aromatic N) is 4. The van der Waals surface area contributed by atoms with Crippen molar-refractivity contribution in [3.8, 4) is 34.1 Å². The lowest BCUT2D eigenvalue weighted by Crippen LogP contribution is -2.32. The highest BCUT2D eigenvalue weighted by molar-refractivity contribution is 6.32. The maximum atomic E-state index is 11.2. The van der Waals surface area contributed by atoms with E-state index in [2.05, 4.69) is 30.6 Å². The van der Waals surface area contributed by atoms with Gasteiger partial charge in [0.2, 0.25) is 0 Å². The average molecular weight is 994 g/mol. The summed E-state index contributed by atoms with van der Waals surface area (Å²) in [7, 11) is 3.35. The number of nitrogens with one attached hydrogen (secondary N) is 2. The van der Waals surface area contributed by atoms with Crippen LogP contribution in [-0.2, 0) is 49.1 Å². The highest BCUT2D eigenvalue weighted by Gasteiger charge is 2.19. The van der Waals surface area contributed by atoms with Gasteiger partial charge in [-0.05, 0) is 71.5 Å². The number of hydrogen-bond donors (Lipinski definition) is 6. The Morgan fingerprint density at radius 3 is 1.37 bits per heavy atom. The number of pyridine rings is 2. The van der Waals surface area contributed by atoms with Gasteiger partial charge in [-0.25, -0.2) is 9.59 Å². The standard InChI is InChI=1S/C52H54Cl2N6O10/c1-31-37(29-69-49-15-47(67-27-35-11-33(17-55-3)19-57-21-35)39(13-43(49)53)23-59-25-45(61)51(63)64)7-5-9-41(31)42-10-6-8-38(32(42)2)30-70-50-16-48(68-28-36-12-34(18-56-4)20-58-22-36)40(14-44(50)54)24-60-26-46(62)52(65)66/h5-22,45-46,59-62H,23-30H2,1-4H3,(H,63,64)(H,65,66)/b55-17+,56-18+/t45-,46-/m0/s1. The first-order valence-electron chi connectivity index (χ1n) is 22.0. The van der Waals surface area contributed by atoms with E-state index in [1.54, 1.807) is 75.6 Å². The van der Waals surface area contributed by atoms with Crippen LogP contribution < -0.4 is 29.6 Å². The minimum Gasteiger partial charge on any atom is -0.488 e. The molecule has 366 valence electrons. The first-order chi connectivity index (χ1) is 33.7. The number of halogens is 2. The van der Waals surface area contributed by atoms with Crippen LogP contribution in [0.4, 0.5) is 0 Å². The number of aliphatic hydroxyl groups is 2. The van der Waals surface area contributed by atoms with Crippen molar-refractivity contribution in [3.63, 3.8) is 0 Å². The number of rotatable bonds is 25. The molecule has 0 fully saturated rings. The van der Waals surface area contributed by atoms with Gasteiger partial charge in [-0.3, -0.25) is 20.0 Å². The molecule has 0 saturated carbocycles. The molecule has 0 aliphatic carbocycles. The second-order valence-corrected chi connectivity index (χ2v) is 16.9. The van der Waals surface area contributed by atoms with Crippen LogP contribution in [-0.4, -0.2) is 94.2 Å². The average Bonchev–Trinajstić information content (AvgIpc) is 3.34. The number of hydrogen-bond acceptors (Lipinski definition) is 14. The Labute approximate surface area is 415 Å². The quantitative estimate of drug-likeness (QED) is 0.0305. The fourth-order valence-electron chi connectivity index (χ4n) is 7.29. The molecule has 6 N–H and O–H groups in total. The van der Waals surface area contributed by atoms with Crippen molar-refractivity contribution in [2.75, 3.05) is 27.2 Å². The highest BCUT2D eigenvalue weighted by Crippen LogP contribution is 2.37. The molecule has 0 aliphatic rings. The lowest BCUT2D eigenvalue weighted by molar-refractivity contribution is -0.147. The van der Waals surface area contributed by atoms with Crippen molar-refractivity contribution in [3.05, 3.63) is 163 Å². The van der Waals surface area contributed by atoms with Crippen LogP contribution in [0, 0.1) is 13.8 Å². The zero-order chi connectivity index (χ0) is 50.2. The second kappa shape index (κ2) is 25.6. The number of ether oxygens (including phenoxy) is 4. The van der Waals surface area contributed by atoms with Crippen molar-refractivity contribution < 1.29 is 49.0 Å². The van der Waals surface area contributed by atoms with Gasteiger partial charge in [-0.15, -0.1) is 0 Å². The molecule has 0 unspecified atom stereocenters. The Morgan fingerprint density at radius 1 is 0.586 bits per heavy atom. The van der Waals surface area contributed by atoms with Crippen molar-refractivity contribution in [1.29, 1.82) is 0 Å². The monoisotopic (exact) mass is 992 g/mol.